The molecule has 0 aliphatic carbocycles. The van der Waals surface area contributed by atoms with Crippen molar-refractivity contribution >= 4 is 39.5 Å². The van der Waals surface area contributed by atoms with Gasteiger partial charge >= 0.3 is 11.9 Å². The summed E-state index contributed by atoms with van der Waals surface area (Å²) in [6, 6.07) is 3.37. The van der Waals surface area contributed by atoms with Crippen LogP contribution in [0.3, 0.4) is 0 Å². The van der Waals surface area contributed by atoms with Gasteiger partial charge in [-0.15, -0.1) is 0 Å². The predicted molar refractivity (Wildman–Crippen MR) is 148 cm³/mol. The largest absolute Gasteiger partial charge is 0.496 e. The van der Waals surface area contributed by atoms with E-state index >= 15 is 0 Å². The molecular formula is C26H34N4O9S. The van der Waals surface area contributed by atoms with E-state index in [9.17, 15) is 19.2 Å². The predicted octanol–water partition coefficient (Wildman–Crippen LogP) is 2.18. The number of benzene rings is 1. The Kier molecular flexibility index (Phi) is 9.82. The molecule has 40 heavy (non-hydrogen) atoms. The van der Waals surface area contributed by atoms with Crippen molar-refractivity contribution in [1.82, 2.24) is 15.5 Å². The highest BCUT2D eigenvalue weighted by atomic mass is 32.3. The maximum Gasteiger partial charge on any atom is 0.354 e. The van der Waals surface area contributed by atoms with E-state index in [1.165, 1.54) is 33.5 Å². The molecule has 0 unspecified atom stereocenters. The van der Waals surface area contributed by atoms with Gasteiger partial charge < -0.3 is 27.9 Å². The van der Waals surface area contributed by atoms with Crippen LogP contribution in [0.2, 0.25) is 0 Å². The smallest absolute Gasteiger partial charge is 0.354 e. The third kappa shape index (κ3) is 6.74. The summed E-state index contributed by atoms with van der Waals surface area (Å²) in [5.74, 6) is -2.47. The second kappa shape index (κ2) is 12.9. The molecule has 0 atom stereocenters. The third-order valence-corrected chi connectivity index (χ3v) is 8.00. The second-order valence-electron chi connectivity index (χ2n) is 9.15. The number of aliphatic imine (C=N–C) groups is 1. The molecule has 1 aromatic rings. The monoisotopic (exact) mass is 578 g/mol. The number of carbonyl (C=O) groups is 4. The Morgan fingerprint density at radius 1 is 0.900 bits per heavy atom. The van der Waals surface area contributed by atoms with Crippen LogP contribution < -0.4 is 24.8 Å². The average molecular weight is 579 g/mol. The molecule has 0 saturated carbocycles. The number of carbonyl (C=O) groups excluding carboxylic acids is 4. The summed E-state index contributed by atoms with van der Waals surface area (Å²) in [5, 5.41) is 6.13. The average Bonchev–Trinajstić information content (AvgIpc) is 3.16. The Hall–Kier alpha value is -4.04. The zero-order valence-corrected chi connectivity index (χ0v) is 24.2. The lowest BCUT2D eigenvalue weighted by molar-refractivity contribution is -0.129. The van der Waals surface area contributed by atoms with Crippen LogP contribution in [0.4, 0.5) is 0 Å². The molecule has 1 spiro atoms. The molecule has 1 aromatic carbocycles. The van der Waals surface area contributed by atoms with Crippen molar-refractivity contribution in [2.75, 3.05) is 34.4 Å². The van der Waals surface area contributed by atoms with Gasteiger partial charge in [-0.1, -0.05) is 0 Å². The van der Waals surface area contributed by atoms with Crippen molar-refractivity contribution in [2.45, 2.75) is 39.8 Å². The molecule has 3 rings (SSSR count). The topological polar surface area (TPSA) is 154 Å². The van der Waals surface area contributed by atoms with Crippen LogP contribution in [0, 0.1) is 0 Å². The van der Waals surface area contributed by atoms with Crippen molar-refractivity contribution in [3.8, 4) is 17.2 Å². The third-order valence-electron chi connectivity index (χ3n) is 5.91. The van der Waals surface area contributed by atoms with E-state index < -0.39 is 34.3 Å². The highest BCUT2D eigenvalue weighted by molar-refractivity contribution is 8.41. The fourth-order valence-electron chi connectivity index (χ4n) is 4.06. The molecule has 2 aliphatic rings. The number of hydrogen-bond donors (Lipinski definition) is 2. The van der Waals surface area contributed by atoms with E-state index in [-0.39, 0.29) is 40.0 Å². The normalized spacial score (nSPS) is 16.6. The summed E-state index contributed by atoms with van der Waals surface area (Å²) >= 11 is 0. The van der Waals surface area contributed by atoms with Gasteiger partial charge in [-0.25, -0.2) is 14.6 Å². The van der Waals surface area contributed by atoms with Crippen LogP contribution in [0.15, 0.2) is 40.4 Å². The fourth-order valence-corrected chi connectivity index (χ4v) is 5.97. The Balaban J connectivity index is 1.92. The highest BCUT2D eigenvalue weighted by Gasteiger charge is 2.42. The SMILES string of the molecule is COc1cc(OC)c(C(=O)NC2=NC(C(=O)NCCN(C(C)C)C(C)C)=CS23OC(=O)C=CC(=O)O3)cc1OC. The van der Waals surface area contributed by atoms with Crippen LogP contribution in [-0.4, -0.2) is 80.3 Å². The van der Waals surface area contributed by atoms with Gasteiger partial charge in [0.1, 0.15) is 11.4 Å². The van der Waals surface area contributed by atoms with Gasteiger partial charge in [-0.3, -0.25) is 19.8 Å². The number of rotatable bonds is 10. The van der Waals surface area contributed by atoms with Gasteiger partial charge in [0.25, 0.3) is 11.8 Å². The van der Waals surface area contributed by atoms with Crippen LogP contribution in [0.25, 0.3) is 0 Å². The van der Waals surface area contributed by atoms with Crippen LogP contribution in [-0.2, 0) is 22.7 Å². The van der Waals surface area contributed by atoms with Crippen LogP contribution in [0.5, 0.6) is 17.2 Å². The Bertz CT molecular complexity index is 1240. The minimum absolute atomic E-state index is 0.0159. The molecule has 0 aromatic heterocycles. The molecule has 0 radical (unpaired) electrons. The van der Waals surface area contributed by atoms with Crippen LogP contribution in [0.1, 0.15) is 38.1 Å². The van der Waals surface area contributed by atoms with Crippen molar-refractivity contribution in [3.05, 3.63) is 41.0 Å². The molecule has 2 aliphatic heterocycles. The quantitative estimate of drug-likeness (QED) is 0.422. The summed E-state index contributed by atoms with van der Waals surface area (Å²) in [6.45, 7) is 9.12. The van der Waals surface area contributed by atoms with E-state index in [0.29, 0.717) is 18.8 Å². The maximum absolute atomic E-state index is 13.4. The van der Waals surface area contributed by atoms with Gasteiger partial charge in [0.15, 0.2) is 11.5 Å². The molecule has 2 heterocycles. The molecule has 14 heteroatoms. The minimum atomic E-state index is -3.43. The van der Waals surface area contributed by atoms with E-state index in [1.54, 1.807) is 0 Å². The number of amidine groups is 1. The minimum Gasteiger partial charge on any atom is -0.496 e. The summed E-state index contributed by atoms with van der Waals surface area (Å²) in [6.07, 6.45) is 1.78. The van der Waals surface area contributed by atoms with Gasteiger partial charge in [-0.05, 0) is 38.3 Å². The highest BCUT2D eigenvalue weighted by Crippen LogP contribution is 2.58. The van der Waals surface area contributed by atoms with E-state index in [1.807, 2.05) is 0 Å². The van der Waals surface area contributed by atoms with Gasteiger partial charge in [0, 0.05) is 49.5 Å². The van der Waals surface area contributed by atoms with Gasteiger partial charge in [0.05, 0.1) is 32.3 Å². The van der Waals surface area contributed by atoms with Crippen molar-refractivity contribution < 1.29 is 41.8 Å². The molecule has 0 fully saturated rings. The van der Waals surface area contributed by atoms with E-state index in [0.717, 1.165) is 17.6 Å². The fraction of sp³-hybridized carbons (Fsp3) is 0.423. The maximum atomic E-state index is 13.4. The number of nitrogens with zero attached hydrogens (tertiary/aromatic N) is 2. The lowest BCUT2D eigenvalue weighted by Crippen LogP contribution is -2.42. The van der Waals surface area contributed by atoms with Crippen molar-refractivity contribution in [3.63, 3.8) is 0 Å². The molecule has 0 saturated heterocycles. The first kappa shape index (κ1) is 30.5. The zero-order chi connectivity index (χ0) is 29.6. The standard InChI is InChI=1S/C26H34N4O9S/c1-15(2)30(16(3)4)11-10-27-25(34)18-14-40(38-22(31)8-9-23(32)39-40)26(28-18)29-24(33)17-12-20(36-6)21(37-7)13-19(17)35-5/h8-9,12-16H,10-11H2,1-7H3,(H,27,34)(H,28,29,33). The summed E-state index contributed by atoms with van der Waals surface area (Å²) in [5.41, 5.74) is -0.171. The lowest BCUT2D eigenvalue weighted by atomic mass is 10.1. The number of amides is 2. The van der Waals surface area contributed by atoms with Gasteiger partial charge in [0.2, 0.25) is 5.17 Å². The van der Waals surface area contributed by atoms with E-state index in [2.05, 4.69) is 48.2 Å². The molecule has 218 valence electrons. The first-order valence-corrected chi connectivity index (χ1v) is 13.9. The number of ether oxygens (including phenoxy) is 3. The van der Waals surface area contributed by atoms with Crippen molar-refractivity contribution in [2.24, 2.45) is 4.99 Å². The van der Waals surface area contributed by atoms with E-state index in [4.69, 9.17) is 22.6 Å². The number of methoxy groups -OCH3 is 3. The molecule has 2 N–H and O–H groups in total. The lowest BCUT2D eigenvalue weighted by Gasteiger charge is -2.34. The van der Waals surface area contributed by atoms with Crippen LogP contribution >= 0.6 is 10.6 Å². The van der Waals surface area contributed by atoms with Gasteiger partial charge in [-0.2, -0.15) is 0 Å². The van der Waals surface area contributed by atoms with Crippen molar-refractivity contribution in [1.29, 1.82) is 0 Å². The number of hydrogen-bond acceptors (Lipinski definition) is 11. The summed E-state index contributed by atoms with van der Waals surface area (Å²) < 4.78 is 26.7. The first-order chi connectivity index (χ1) is 18.9. The Morgan fingerprint density at radius 3 is 1.98 bits per heavy atom. The Morgan fingerprint density at radius 2 is 1.45 bits per heavy atom. The molecule has 2 amide bonds. The number of nitrogens with one attached hydrogen (secondary N) is 2. The summed E-state index contributed by atoms with van der Waals surface area (Å²) in [7, 11) is 0.773. The zero-order valence-electron chi connectivity index (χ0n) is 23.4. The molecule has 0 bridgehead atoms. The second-order valence-corrected chi connectivity index (χ2v) is 11.2. The summed E-state index contributed by atoms with van der Waals surface area (Å²) in [4.78, 5) is 57.5. The molecule has 13 nitrogen and oxygen atoms in total. The Labute approximate surface area is 234 Å². The first-order valence-electron chi connectivity index (χ1n) is 12.4. The molecular weight excluding hydrogens is 544 g/mol.